The number of benzene rings is 3. The van der Waals surface area contributed by atoms with E-state index in [1.54, 1.807) is 30.3 Å². The number of amides is 2. The molecule has 2 amide bonds. The SMILES string of the molecule is Cc1cc(/C=C2\C(=O)NC(=S)N(c3cccc(Cl)c3)C2=O)c(-c2ccccc2)n1-c1ccccc1. The van der Waals surface area contributed by atoms with Crippen molar-refractivity contribution >= 4 is 52.5 Å². The van der Waals surface area contributed by atoms with Crippen molar-refractivity contribution in [3.8, 4) is 16.9 Å². The summed E-state index contributed by atoms with van der Waals surface area (Å²) in [6.45, 7) is 2.00. The van der Waals surface area contributed by atoms with Gasteiger partial charge in [-0.25, -0.2) is 0 Å². The minimum Gasteiger partial charge on any atom is -0.313 e. The maximum absolute atomic E-state index is 13.5. The topological polar surface area (TPSA) is 54.3 Å². The van der Waals surface area contributed by atoms with Crippen LogP contribution in [0.5, 0.6) is 0 Å². The highest BCUT2D eigenvalue weighted by Crippen LogP contribution is 2.33. The quantitative estimate of drug-likeness (QED) is 0.216. The van der Waals surface area contributed by atoms with Crippen LogP contribution in [0.4, 0.5) is 5.69 Å². The smallest absolute Gasteiger partial charge is 0.270 e. The van der Waals surface area contributed by atoms with Gasteiger partial charge in [-0.2, -0.15) is 0 Å². The standard InChI is InChI=1S/C28H20ClN3O2S/c1-18-15-20(25(19-9-4-2-5-10-19)31(18)22-12-6-3-7-13-22)16-24-26(33)30-28(35)32(27(24)34)23-14-8-11-21(29)17-23/h2-17H,1H3,(H,30,33,35)/b24-16+. The lowest BCUT2D eigenvalue weighted by molar-refractivity contribution is -0.122. The second-order valence-electron chi connectivity index (χ2n) is 8.06. The predicted molar refractivity (Wildman–Crippen MR) is 144 cm³/mol. The third-order valence-electron chi connectivity index (χ3n) is 5.74. The highest BCUT2D eigenvalue weighted by atomic mass is 35.5. The first kappa shape index (κ1) is 22.8. The molecule has 0 bridgehead atoms. The molecule has 1 aliphatic rings. The molecule has 0 radical (unpaired) electrons. The summed E-state index contributed by atoms with van der Waals surface area (Å²) in [5.41, 5.74) is 5.00. The van der Waals surface area contributed by atoms with Crippen LogP contribution in [0.3, 0.4) is 0 Å². The van der Waals surface area contributed by atoms with E-state index in [-0.39, 0.29) is 10.7 Å². The number of nitrogens with one attached hydrogen (secondary N) is 1. The van der Waals surface area contributed by atoms with Crippen molar-refractivity contribution in [1.82, 2.24) is 9.88 Å². The summed E-state index contributed by atoms with van der Waals surface area (Å²) >= 11 is 11.4. The minimum absolute atomic E-state index is 0.0130. The Hall–Kier alpha value is -4.00. The second kappa shape index (κ2) is 9.33. The van der Waals surface area contributed by atoms with Gasteiger partial charge in [0.1, 0.15) is 5.57 Å². The van der Waals surface area contributed by atoms with Crippen LogP contribution in [0.1, 0.15) is 11.3 Å². The predicted octanol–water partition coefficient (Wildman–Crippen LogP) is 5.94. The van der Waals surface area contributed by atoms with E-state index >= 15 is 0 Å². The molecule has 1 saturated heterocycles. The van der Waals surface area contributed by atoms with Gasteiger partial charge >= 0.3 is 0 Å². The number of anilines is 1. The summed E-state index contributed by atoms with van der Waals surface area (Å²) in [4.78, 5) is 27.7. The first-order chi connectivity index (χ1) is 16.9. The van der Waals surface area contributed by atoms with Gasteiger partial charge in [-0.05, 0) is 67.2 Å². The highest BCUT2D eigenvalue weighted by molar-refractivity contribution is 7.80. The van der Waals surface area contributed by atoms with Crippen molar-refractivity contribution in [3.05, 3.63) is 113 Å². The van der Waals surface area contributed by atoms with Crippen LogP contribution in [-0.4, -0.2) is 21.5 Å². The Kier molecular flexibility index (Phi) is 6.07. The normalized spacial score (nSPS) is 15.0. The van der Waals surface area contributed by atoms with Gasteiger partial charge in [-0.1, -0.05) is 66.2 Å². The number of para-hydroxylation sites is 1. The van der Waals surface area contributed by atoms with E-state index < -0.39 is 11.8 Å². The molecule has 172 valence electrons. The molecule has 0 atom stereocenters. The molecule has 5 nitrogen and oxygen atoms in total. The lowest BCUT2D eigenvalue weighted by Gasteiger charge is -2.29. The lowest BCUT2D eigenvalue weighted by atomic mass is 10.0. The molecule has 2 heterocycles. The summed E-state index contributed by atoms with van der Waals surface area (Å²) < 4.78 is 2.12. The fraction of sp³-hybridized carbons (Fsp3) is 0.0357. The number of aromatic nitrogens is 1. The Morgan fingerprint density at radius 3 is 2.20 bits per heavy atom. The number of thiocarbonyl (C=S) groups is 1. The number of carbonyl (C=O) groups is 2. The number of rotatable bonds is 4. The molecule has 0 saturated carbocycles. The molecule has 5 rings (SSSR count). The third kappa shape index (κ3) is 4.30. The van der Waals surface area contributed by atoms with Gasteiger partial charge in [0.25, 0.3) is 11.8 Å². The molecule has 1 aromatic heterocycles. The first-order valence-corrected chi connectivity index (χ1v) is 11.7. The van der Waals surface area contributed by atoms with Crippen LogP contribution in [0.2, 0.25) is 5.02 Å². The molecule has 4 aromatic rings. The zero-order chi connectivity index (χ0) is 24.5. The zero-order valence-electron chi connectivity index (χ0n) is 18.7. The van der Waals surface area contributed by atoms with Crippen molar-refractivity contribution in [2.75, 3.05) is 4.90 Å². The van der Waals surface area contributed by atoms with Crippen molar-refractivity contribution in [2.24, 2.45) is 0 Å². The van der Waals surface area contributed by atoms with Crippen LogP contribution in [-0.2, 0) is 9.59 Å². The average Bonchev–Trinajstić information content (AvgIpc) is 3.18. The number of aryl methyl sites for hydroxylation is 1. The maximum Gasteiger partial charge on any atom is 0.270 e. The van der Waals surface area contributed by atoms with Gasteiger partial charge in [-0.15, -0.1) is 0 Å². The van der Waals surface area contributed by atoms with E-state index in [0.717, 1.165) is 28.2 Å². The molecule has 7 heteroatoms. The van der Waals surface area contributed by atoms with Crippen LogP contribution in [0.15, 0.2) is 96.6 Å². The minimum atomic E-state index is -0.539. The summed E-state index contributed by atoms with van der Waals surface area (Å²) in [6, 6.07) is 28.6. The molecule has 1 aliphatic heterocycles. The Morgan fingerprint density at radius 1 is 0.857 bits per heavy atom. The van der Waals surface area contributed by atoms with E-state index in [2.05, 4.69) is 9.88 Å². The largest absolute Gasteiger partial charge is 0.313 e. The van der Waals surface area contributed by atoms with E-state index in [1.165, 1.54) is 4.90 Å². The molecule has 0 aliphatic carbocycles. The van der Waals surface area contributed by atoms with E-state index in [9.17, 15) is 9.59 Å². The van der Waals surface area contributed by atoms with Gasteiger partial charge in [0.05, 0.1) is 11.4 Å². The number of nitrogens with zero attached hydrogens (tertiary/aromatic N) is 2. The Morgan fingerprint density at radius 2 is 1.51 bits per heavy atom. The average molecular weight is 498 g/mol. The van der Waals surface area contributed by atoms with Crippen molar-refractivity contribution in [2.45, 2.75) is 6.92 Å². The van der Waals surface area contributed by atoms with Gasteiger partial charge in [0.2, 0.25) is 0 Å². The summed E-state index contributed by atoms with van der Waals surface area (Å²) in [7, 11) is 0. The van der Waals surface area contributed by atoms with Gasteiger partial charge in [0, 0.05) is 22.0 Å². The molecule has 1 fully saturated rings. The summed E-state index contributed by atoms with van der Waals surface area (Å²) in [5.74, 6) is -1.05. The number of halogens is 1. The summed E-state index contributed by atoms with van der Waals surface area (Å²) in [6.07, 6.45) is 1.63. The Bertz CT molecular complexity index is 1490. The molecule has 0 spiro atoms. The molecule has 1 N–H and O–H groups in total. The third-order valence-corrected chi connectivity index (χ3v) is 6.26. The highest BCUT2D eigenvalue weighted by Gasteiger charge is 2.35. The summed E-state index contributed by atoms with van der Waals surface area (Å²) in [5, 5.41) is 3.12. The molecular weight excluding hydrogens is 478 g/mol. The van der Waals surface area contributed by atoms with E-state index in [4.69, 9.17) is 23.8 Å². The van der Waals surface area contributed by atoms with Crippen LogP contribution < -0.4 is 10.2 Å². The van der Waals surface area contributed by atoms with Crippen LogP contribution >= 0.6 is 23.8 Å². The number of carbonyl (C=O) groups excluding carboxylic acids is 2. The van der Waals surface area contributed by atoms with Gasteiger partial charge in [-0.3, -0.25) is 19.8 Å². The van der Waals surface area contributed by atoms with Crippen LogP contribution in [0, 0.1) is 6.92 Å². The van der Waals surface area contributed by atoms with Crippen molar-refractivity contribution in [3.63, 3.8) is 0 Å². The van der Waals surface area contributed by atoms with Crippen molar-refractivity contribution < 1.29 is 9.59 Å². The zero-order valence-corrected chi connectivity index (χ0v) is 20.3. The maximum atomic E-state index is 13.5. The van der Waals surface area contributed by atoms with Crippen molar-refractivity contribution in [1.29, 1.82) is 0 Å². The second-order valence-corrected chi connectivity index (χ2v) is 8.89. The lowest BCUT2D eigenvalue weighted by Crippen LogP contribution is -2.54. The van der Waals surface area contributed by atoms with E-state index in [0.29, 0.717) is 10.7 Å². The van der Waals surface area contributed by atoms with Gasteiger partial charge in [0.15, 0.2) is 5.11 Å². The fourth-order valence-electron chi connectivity index (χ4n) is 4.24. The first-order valence-electron chi connectivity index (χ1n) is 10.9. The van der Waals surface area contributed by atoms with Gasteiger partial charge < -0.3 is 4.57 Å². The van der Waals surface area contributed by atoms with Crippen LogP contribution in [0.25, 0.3) is 23.0 Å². The number of hydrogen-bond acceptors (Lipinski definition) is 3. The molecule has 3 aromatic carbocycles. The molecule has 35 heavy (non-hydrogen) atoms. The fourth-order valence-corrected chi connectivity index (χ4v) is 4.70. The van der Waals surface area contributed by atoms with E-state index in [1.807, 2.05) is 73.7 Å². The number of hydrogen-bond donors (Lipinski definition) is 1. The molecule has 0 unspecified atom stereocenters. The Balaban J connectivity index is 1.68. The monoisotopic (exact) mass is 497 g/mol. The molecular formula is C28H20ClN3O2S. The Labute approximate surface area is 213 Å².